The highest BCUT2D eigenvalue weighted by molar-refractivity contribution is 7.09. The predicted octanol–water partition coefficient (Wildman–Crippen LogP) is 1.65. The van der Waals surface area contributed by atoms with E-state index in [2.05, 4.69) is 4.98 Å². The number of nitrogens with zero attached hydrogens (tertiary/aromatic N) is 2. The third-order valence-electron chi connectivity index (χ3n) is 3.21. The maximum Gasteiger partial charge on any atom is 0.410 e. The molecule has 0 spiro atoms. The molecule has 118 valence electrons. The van der Waals surface area contributed by atoms with Crippen LogP contribution in [0.25, 0.3) is 0 Å². The first-order valence-corrected chi connectivity index (χ1v) is 7.95. The van der Waals surface area contributed by atoms with Crippen LogP contribution in [-0.4, -0.2) is 53.4 Å². The first-order valence-electron chi connectivity index (χ1n) is 7.07. The van der Waals surface area contributed by atoms with Gasteiger partial charge >= 0.3 is 6.09 Å². The summed E-state index contributed by atoms with van der Waals surface area (Å²) in [7, 11) is 0. The average molecular weight is 313 g/mol. The molecule has 1 fully saturated rings. The van der Waals surface area contributed by atoms with Gasteiger partial charge in [-0.05, 0) is 20.8 Å². The van der Waals surface area contributed by atoms with Crippen molar-refractivity contribution in [1.29, 1.82) is 0 Å². The highest BCUT2D eigenvalue weighted by atomic mass is 32.1. The number of hydrogen-bond acceptors (Lipinski definition) is 6. The van der Waals surface area contributed by atoms with E-state index in [-0.39, 0.29) is 18.2 Å². The summed E-state index contributed by atoms with van der Waals surface area (Å²) in [5, 5.41) is 0. The fraction of sp³-hybridized carbons (Fsp3) is 0.714. The molecular weight excluding hydrogens is 290 g/mol. The van der Waals surface area contributed by atoms with Crippen LogP contribution in [-0.2, 0) is 15.9 Å². The van der Waals surface area contributed by atoms with Crippen molar-refractivity contribution in [3.05, 3.63) is 16.6 Å². The Morgan fingerprint density at radius 3 is 3.05 bits per heavy atom. The minimum atomic E-state index is -0.512. The molecule has 2 N–H and O–H groups in total. The molecule has 2 rings (SSSR count). The quantitative estimate of drug-likeness (QED) is 0.918. The highest BCUT2D eigenvalue weighted by Gasteiger charge is 2.34. The number of carbonyl (C=O) groups is 1. The predicted molar refractivity (Wildman–Crippen MR) is 81.3 cm³/mol. The molecule has 1 aliphatic heterocycles. The van der Waals surface area contributed by atoms with E-state index in [1.54, 1.807) is 21.7 Å². The molecule has 0 saturated carbocycles. The third kappa shape index (κ3) is 4.66. The maximum atomic E-state index is 12.3. The Bertz CT molecular complexity index is 459. The van der Waals surface area contributed by atoms with Gasteiger partial charge in [0.05, 0.1) is 24.8 Å². The van der Waals surface area contributed by atoms with Gasteiger partial charge in [-0.2, -0.15) is 0 Å². The smallest absolute Gasteiger partial charge is 0.410 e. The molecule has 1 aromatic heterocycles. The second-order valence-electron chi connectivity index (χ2n) is 6.15. The van der Waals surface area contributed by atoms with E-state index < -0.39 is 5.60 Å². The molecule has 2 heterocycles. The van der Waals surface area contributed by atoms with Crippen molar-refractivity contribution in [2.24, 2.45) is 5.73 Å². The van der Waals surface area contributed by atoms with E-state index in [9.17, 15) is 4.79 Å². The van der Waals surface area contributed by atoms with Crippen molar-refractivity contribution in [2.75, 3.05) is 19.8 Å². The van der Waals surface area contributed by atoms with Crippen molar-refractivity contribution in [2.45, 2.75) is 44.9 Å². The monoisotopic (exact) mass is 313 g/mol. The van der Waals surface area contributed by atoms with E-state index in [0.29, 0.717) is 26.2 Å². The SMILES string of the molecule is CC(C)(C)OC(=O)N1CCOCC1C(N)Cc1cncs1. The van der Waals surface area contributed by atoms with E-state index in [0.717, 1.165) is 4.88 Å². The second kappa shape index (κ2) is 6.72. The molecule has 1 aromatic rings. The molecule has 6 nitrogen and oxygen atoms in total. The Labute approximate surface area is 129 Å². The Morgan fingerprint density at radius 2 is 2.43 bits per heavy atom. The number of carbonyl (C=O) groups excluding carboxylic acids is 1. The van der Waals surface area contributed by atoms with Gasteiger partial charge < -0.3 is 15.2 Å². The fourth-order valence-electron chi connectivity index (χ4n) is 2.24. The Morgan fingerprint density at radius 1 is 1.67 bits per heavy atom. The molecule has 2 atom stereocenters. The lowest BCUT2D eigenvalue weighted by Crippen LogP contribution is -2.58. The number of rotatable bonds is 3. The molecular formula is C14H23N3O3S. The van der Waals surface area contributed by atoms with Gasteiger partial charge in [0.25, 0.3) is 0 Å². The lowest BCUT2D eigenvalue weighted by Gasteiger charge is -2.39. The Kier molecular flexibility index (Phi) is 5.18. The first-order chi connectivity index (χ1) is 9.87. The molecule has 1 amide bonds. The minimum Gasteiger partial charge on any atom is -0.444 e. The third-order valence-corrected chi connectivity index (χ3v) is 4.01. The maximum absolute atomic E-state index is 12.3. The van der Waals surface area contributed by atoms with Gasteiger partial charge in [-0.1, -0.05) is 0 Å². The molecule has 21 heavy (non-hydrogen) atoms. The zero-order valence-electron chi connectivity index (χ0n) is 12.7. The first kappa shape index (κ1) is 16.2. The molecule has 2 unspecified atom stereocenters. The fourth-order valence-corrected chi connectivity index (χ4v) is 2.90. The summed E-state index contributed by atoms with van der Waals surface area (Å²) in [6.45, 7) is 7.05. The minimum absolute atomic E-state index is 0.171. The van der Waals surface area contributed by atoms with Gasteiger partial charge in [0.2, 0.25) is 0 Å². The average Bonchev–Trinajstić information content (AvgIpc) is 2.89. The van der Waals surface area contributed by atoms with Gasteiger partial charge in [0.15, 0.2) is 0 Å². The van der Waals surface area contributed by atoms with E-state index in [1.165, 1.54) is 0 Å². The van der Waals surface area contributed by atoms with Crippen LogP contribution < -0.4 is 5.73 Å². The lowest BCUT2D eigenvalue weighted by molar-refractivity contribution is -0.0378. The largest absolute Gasteiger partial charge is 0.444 e. The second-order valence-corrected chi connectivity index (χ2v) is 7.12. The normalized spacial score (nSPS) is 21.1. The van der Waals surface area contributed by atoms with Gasteiger partial charge in [-0.3, -0.25) is 9.88 Å². The topological polar surface area (TPSA) is 77.7 Å². The number of thiazole rings is 1. The molecule has 1 saturated heterocycles. The van der Waals surface area contributed by atoms with Crippen LogP contribution in [0.15, 0.2) is 11.7 Å². The van der Waals surface area contributed by atoms with Crippen LogP contribution >= 0.6 is 11.3 Å². The number of nitrogens with two attached hydrogens (primary N) is 1. The zero-order chi connectivity index (χ0) is 15.5. The molecule has 0 bridgehead atoms. The lowest BCUT2D eigenvalue weighted by atomic mass is 10.0. The number of ether oxygens (including phenoxy) is 2. The standard InChI is InChI=1S/C14H23N3O3S/c1-14(2,3)20-13(18)17-4-5-19-8-12(17)11(15)6-10-7-16-9-21-10/h7,9,11-12H,4-6,8,15H2,1-3H3. The van der Waals surface area contributed by atoms with Crippen molar-refractivity contribution in [1.82, 2.24) is 9.88 Å². The number of hydrogen-bond donors (Lipinski definition) is 1. The van der Waals surface area contributed by atoms with E-state index in [1.807, 2.05) is 27.0 Å². The molecule has 7 heteroatoms. The van der Waals surface area contributed by atoms with Crippen LogP contribution in [0.1, 0.15) is 25.6 Å². The molecule has 0 aliphatic carbocycles. The van der Waals surface area contributed by atoms with Crippen molar-refractivity contribution in [3.8, 4) is 0 Å². The van der Waals surface area contributed by atoms with Gasteiger partial charge in [-0.15, -0.1) is 11.3 Å². The molecule has 1 aliphatic rings. The summed E-state index contributed by atoms with van der Waals surface area (Å²) >= 11 is 1.57. The summed E-state index contributed by atoms with van der Waals surface area (Å²) in [5.74, 6) is 0. The molecule has 0 aromatic carbocycles. The number of amides is 1. The van der Waals surface area contributed by atoms with Gasteiger partial charge in [-0.25, -0.2) is 4.79 Å². The van der Waals surface area contributed by atoms with Crippen LogP contribution in [0.3, 0.4) is 0 Å². The summed E-state index contributed by atoms with van der Waals surface area (Å²) < 4.78 is 11.0. The zero-order valence-corrected chi connectivity index (χ0v) is 13.6. The van der Waals surface area contributed by atoms with Crippen LogP contribution in [0, 0.1) is 0 Å². The van der Waals surface area contributed by atoms with Crippen LogP contribution in [0.2, 0.25) is 0 Å². The Balaban J connectivity index is 2.02. The molecule has 0 radical (unpaired) electrons. The van der Waals surface area contributed by atoms with Crippen molar-refractivity contribution < 1.29 is 14.3 Å². The summed E-state index contributed by atoms with van der Waals surface area (Å²) in [4.78, 5) is 19.2. The van der Waals surface area contributed by atoms with Gasteiger partial charge in [0.1, 0.15) is 5.60 Å². The highest BCUT2D eigenvalue weighted by Crippen LogP contribution is 2.18. The summed E-state index contributed by atoms with van der Waals surface area (Å²) in [5.41, 5.74) is 7.55. The van der Waals surface area contributed by atoms with Crippen molar-refractivity contribution in [3.63, 3.8) is 0 Å². The van der Waals surface area contributed by atoms with Crippen molar-refractivity contribution >= 4 is 17.4 Å². The van der Waals surface area contributed by atoms with Crippen LogP contribution in [0.5, 0.6) is 0 Å². The van der Waals surface area contributed by atoms with Crippen LogP contribution in [0.4, 0.5) is 4.79 Å². The van der Waals surface area contributed by atoms with E-state index >= 15 is 0 Å². The summed E-state index contributed by atoms with van der Waals surface area (Å²) in [6.07, 6.45) is 2.17. The number of morpholine rings is 1. The van der Waals surface area contributed by atoms with Gasteiger partial charge in [0, 0.05) is 30.1 Å². The number of aromatic nitrogens is 1. The summed E-state index contributed by atoms with van der Waals surface area (Å²) in [6, 6.07) is -0.367. The van der Waals surface area contributed by atoms with E-state index in [4.69, 9.17) is 15.2 Å². The Hall–Kier alpha value is -1.18.